The van der Waals surface area contributed by atoms with E-state index in [1.54, 1.807) is 123 Å². The second-order valence-electron chi connectivity index (χ2n) is 37.3. The number of alkyl halides is 12. The van der Waals surface area contributed by atoms with Crippen LogP contribution in [-0.2, 0) is 56.9 Å². The zero-order valence-corrected chi connectivity index (χ0v) is 79.4. The van der Waals surface area contributed by atoms with Crippen LogP contribution < -0.4 is 36.9 Å². The van der Waals surface area contributed by atoms with Crippen LogP contribution in [-0.4, -0.2) is 95.1 Å². The monoisotopic (exact) mass is 1900 g/mol. The largest absolute Gasteiger partial charge is 0.542 e. The van der Waals surface area contributed by atoms with E-state index >= 15 is 17.6 Å². The molecule has 0 spiro atoms. The Morgan fingerprint density at radius 3 is 0.976 bits per heavy atom. The van der Waals surface area contributed by atoms with Crippen LogP contribution in [0, 0.1) is 34.9 Å². The zero-order chi connectivity index (χ0) is 95.2. The van der Waals surface area contributed by atoms with E-state index in [1.807, 2.05) is 102 Å². The lowest BCUT2D eigenvalue weighted by atomic mass is 9.78. The minimum atomic E-state index is -4.91. The Morgan fingerprint density at radius 1 is 0.357 bits per heavy atom. The maximum Gasteiger partial charge on any atom is 0.461 e. The predicted octanol–water partition coefficient (Wildman–Crippen LogP) is 26.8. The second-order valence-corrected chi connectivity index (χ2v) is 57.4. The van der Waals surface area contributed by atoms with Gasteiger partial charge in [-0.3, -0.25) is 0 Å². The molecule has 12 nitrogen and oxygen atoms in total. The number of hydrogen-bond acceptors (Lipinski definition) is 9. The molecule has 698 valence electrons. The van der Waals surface area contributed by atoms with Crippen molar-refractivity contribution in [2.45, 2.75) is 262 Å². The van der Waals surface area contributed by atoms with E-state index in [0.29, 0.717) is 29.3 Å². The SMILES string of the molecule is C.CC(C)(C)[S@@](=O)N=C(c1cc(F)cc(OC(F)(F)C(F)F)c1)c1ccc(F)c(O[Si](C)(C)C(C)(C)C)c1.CC(C)(C)[S@@](=O)N[C@@](Cc1ccccc1)(c1cc(F)cc(OC(F)(F)C(F)F)c1)c1ccc(O[Si](C)(C)C(C)(C)C)c(F)c1.CC(C)(C)[S@@](=O)N[C@](Cc1ccccc1)(c1cc(F)cc(OC(F)(F)C(F)F)c1)c1ccc(O[Si](C)(C)C(C)(C)C)c(F)c1. The van der Waals surface area contributed by atoms with Gasteiger partial charge in [0.25, 0.3) is 25.0 Å². The summed E-state index contributed by atoms with van der Waals surface area (Å²) in [5.74, 6) is -8.22. The first-order valence-electron chi connectivity index (χ1n) is 39.2. The Hall–Kier alpha value is -8.01. The molecule has 36 heteroatoms. The van der Waals surface area contributed by atoms with Gasteiger partial charge in [-0.1, -0.05) is 143 Å². The van der Waals surface area contributed by atoms with Crippen LogP contribution >= 0.6 is 0 Å². The van der Waals surface area contributed by atoms with Crippen molar-refractivity contribution in [1.29, 1.82) is 0 Å². The van der Waals surface area contributed by atoms with Crippen LogP contribution in [0.1, 0.15) is 177 Å². The van der Waals surface area contributed by atoms with Crippen LogP contribution in [0.5, 0.6) is 34.5 Å². The molecule has 0 saturated heterocycles. The van der Waals surface area contributed by atoms with Gasteiger partial charge >= 0.3 is 37.6 Å². The topological polar surface area (TPSA) is 143 Å². The van der Waals surface area contributed by atoms with Gasteiger partial charge in [0, 0.05) is 29.3 Å². The molecule has 0 unspecified atom stereocenters. The molecule has 0 aliphatic rings. The van der Waals surface area contributed by atoms with Crippen molar-refractivity contribution < 1.29 is 119 Å². The standard InChI is InChI=1S/2C32H39F6NO3SSi.C25H31F6NO3SSi.CH4/c2*1-29(2,3)43(40)39-31(20-21-12-10-9-11-13-21,23-16-24(33)19-25(17-23)41-32(37,38)28(35)36)22-14-15-27(26(34)18-22)42-44(7,8)30(4,5)6;1-23(2,3)36(33)32-21(16-11-17(26)14-18(12-16)34-25(30,31)22(28)29)15-9-10-19(27)20(13-15)35-37(7,8)24(4,5)6;/h2*9-19,28,39H,20H2,1-8H3;9-14,22H,1-8H3;1H4/t31-,43+;31-,43-;36-;/m011./s1. The van der Waals surface area contributed by atoms with E-state index in [4.69, 9.17) is 13.3 Å². The Kier molecular flexibility index (Phi) is 35.3. The van der Waals surface area contributed by atoms with Gasteiger partial charge in [-0.25, -0.2) is 48.4 Å². The highest BCUT2D eigenvalue weighted by Gasteiger charge is 2.50. The first-order valence-corrected chi connectivity index (χ1v) is 51.3. The zero-order valence-electron chi connectivity index (χ0n) is 74.0. The Balaban J connectivity index is 0.000000336. The maximum atomic E-state index is 15.9. The molecule has 0 bridgehead atoms. The van der Waals surface area contributed by atoms with E-state index in [2.05, 4.69) is 28.1 Å². The average Bonchev–Trinajstić information content (AvgIpc) is 0.752. The van der Waals surface area contributed by atoms with Crippen molar-refractivity contribution in [3.63, 3.8) is 0 Å². The summed E-state index contributed by atoms with van der Waals surface area (Å²) in [5.41, 5.74) is -2.26. The maximum absolute atomic E-state index is 15.9. The molecule has 0 radical (unpaired) electrons. The molecule has 126 heavy (non-hydrogen) atoms. The first kappa shape index (κ1) is 109. The molecule has 0 aliphatic carbocycles. The lowest BCUT2D eigenvalue weighted by molar-refractivity contribution is -0.253. The number of hydrogen-bond donors (Lipinski definition) is 2. The summed E-state index contributed by atoms with van der Waals surface area (Å²) in [5, 5.41) is -0.748. The quantitative estimate of drug-likeness (QED) is 0.0255. The highest BCUT2D eigenvalue weighted by molar-refractivity contribution is 7.85. The highest BCUT2D eigenvalue weighted by Crippen LogP contribution is 2.47. The van der Waals surface area contributed by atoms with Crippen LogP contribution in [0.3, 0.4) is 0 Å². The summed E-state index contributed by atoms with van der Waals surface area (Å²) in [6.07, 6.45) is -27.4. The summed E-state index contributed by atoms with van der Waals surface area (Å²) in [7, 11) is -13.1. The third-order valence-electron chi connectivity index (χ3n) is 20.9. The summed E-state index contributed by atoms with van der Waals surface area (Å²) >= 11 is 0. The molecule has 5 atom stereocenters. The summed E-state index contributed by atoms with van der Waals surface area (Å²) in [6, 6.07) is 36.6. The van der Waals surface area contributed by atoms with Crippen molar-refractivity contribution in [3.8, 4) is 34.5 Å². The molecular weight excluding hydrogens is 1790 g/mol. The minimum Gasteiger partial charge on any atom is -0.542 e. The van der Waals surface area contributed by atoms with Crippen molar-refractivity contribution >= 4 is 63.6 Å². The van der Waals surface area contributed by atoms with Crippen LogP contribution in [0.25, 0.3) is 0 Å². The van der Waals surface area contributed by atoms with Gasteiger partial charge in [0.1, 0.15) is 62.9 Å². The molecule has 8 rings (SSSR count). The number of halogens is 18. The molecular formula is C90H113F18N3O9S3Si3. The van der Waals surface area contributed by atoms with Crippen molar-refractivity contribution in [2.75, 3.05) is 0 Å². The van der Waals surface area contributed by atoms with E-state index in [1.165, 1.54) is 36.4 Å². The fraction of sp³-hybridized carbons (Fsp3) is 0.456. The number of rotatable bonds is 30. The lowest BCUT2D eigenvalue weighted by Gasteiger charge is -2.39. The minimum absolute atomic E-state index is 0. The average molecular weight is 1900 g/mol. The molecule has 8 aromatic carbocycles. The summed E-state index contributed by atoms with van der Waals surface area (Å²) in [4.78, 5) is 0. The molecule has 0 fully saturated rings. The van der Waals surface area contributed by atoms with Gasteiger partial charge in [-0.2, -0.15) is 57.1 Å². The Bertz CT molecular complexity index is 4910. The van der Waals surface area contributed by atoms with Gasteiger partial charge in [0.15, 0.2) is 17.5 Å². The fourth-order valence-electron chi connectivity index (χ4n) is 10.8. The van der Waals surface area contributed by atoms with Gasteiger partial charge in [-0.05, 0) is 242 Å². The Morgan fingerprint density at radius 2 is 0.675 bits per heavy atom. The third-order valence-corrected chi connectivity index (χ3v) is 38.6. The van der Waals surface area contributed by atoms with Gasteiger partial charge in [0.2, 0.25) is 0 Å². The second kappa shape index (κ2) is 41.0. The smallest absolute Gasteiger partial charge is 0.461 e. The predicted molar refractivity (Wildman–Crippen MR) is 471 cm³/mol. The summed E-state index contributed by atoms with van der Waals surface area (Å²) in [6.45, 7) is 44.5. The van der Waals surface area contributed by atoms with Crippen LogP contribution in [0.2, 0.25) is 54.4 Å². The van der Waals surface area contributed by atoms with Gasteiger partial charge in [0.05, 0.1) is 53.0 Å². The molecule has 0 saturated carbocycles. The molecule has 8 aromatic rings. The number of nitrogens with zero attached hydrogens (tertiary/aromatic N) is 1. The highest BCUT2D eigenvalue weighted by atomic mass is 32.2. The van der Waals surface area contributed by atoms with E-state index in [9.17, 15) is 74.1 Å². The van der Waals surface area contributed by atoms with E-state index in [0.717, 1.165) is 54.6 Å². The van der Waals surface area contributed by atoms with Gasteiger partial charge < -0.3 is 27.5 Å². The Labute approximate surface area is 738 Å². The van der Waals surface area contributed by atoms with Crippen molar-refractivity contribution in [1.82, 2.24) is 9.44 Å². The molecule has 0 aliphatic heterocycles. The molecule has 0 aromatic heterocycles. The van der Waals surface area contributed by atoms with Crippen LogP contribution in [0.4, 0.5) is 79.0 Å². The summed E-state index contributed by atoms with van der Waals surface area (Å²) < 4.78 is 330. The normalized spacial score (nSPS) is 14.9. The van der Waals surface area contributed by atoms with E-state index < -0.39 is 173 Å². The molecule has 0 amide bonds. The first-order chi connectivity index (χ1) is 56.8. The number of benzene rings is 8. The van der Waals surface area contributed by atoms with Crippen molar-refractivity contribution in [3.05, 3.63) is 249 Å². The van der Waals surface area contributed by atoms with Crippen molar-refractivity contribution in [2.24, 2.45) is 4.40 Å². The number of ether oxygens (including phenoxy) is 3. The lowest BCUT2D eigenvalue weighted by Crippen LogP contribution is -2.50. The molecule has 0 heterocycles. The van der Waals surface area contributed by atoms with E-state index in [-0.39, 0.29) is 91.7 Å². The third kappa shape index (κ3) is 28.5. The molecule has 2 N–H and O–H groups in total. The van der Waals surface area contributed by atoms with Crippen LogP contribution in [0.15, 0.2) is 174 Å². The van der Waals surface area contributed by atoms with Gasteiger partial charge in [-0.15, -0.1) is 0 Å². The number of nitrogens with one attached hydrogen (secondary N) is 2. The fourth-order valence-corrected chi connectivity index (χ4v) is 16.3.